The molecule has 11 heteroatoms. The van der Waals surface area contributed by atoms with Crippen LogP contribution in [-0.2, 0) is 37.0 Å². The standard InChI is InChI=1S/C44H64N4O6S/c1-4-54-44(30-46-20-21-47-22-24-52-28-36(47)27-46)19-7-9-32(2)41(17-23-51-3)55(50)45-42(49)34-14-16-40-39(25-34)48(26-35-13-15-38(35)44)29-43(31-53-40)18-8-11-33-10-5-6-12-37(33)43/h5-6,10,12,14,16,25,32,35-36,38,41H,4,7-9,11,13,15,17-24,26-31H2,1-3H3,(H,45,49)/t32-,35-,36-,38+,41+,43-,44-,55?/m0/s1. The number of hydrogen-bond acceptors (Lipinski definition) is 9. The Bertz CT molecular complexity index is 1680. The highest BCUT2D eigenvalue weighted by Crippen LogP contribution is 2.50. The van der Waals surface area contributed by atoms with Gasteiger partial charge in [-0.05, 0) is 105 Å². The zero-order valence-corrected chi connectivity index (χ0v) is 34.3. The van der Waals surface area contributed by atoms with Crippen LogP contribution < -0.4 is 14.4 Å². The monoisotopic (exact) mass is 776 g/mol. The molecule has 8 rings (SSSR count). The fourth-order valence-corrected chi connectivity index (χ4v) is 12.5. The molecule has 1 amide bonds. The maximum absolute atomic E-state index is 14.1. The van der Waals surface area contributed by atoms with E-state index in [1.165, 1.54) is 11.1 Å². The van der Waals surface area contributed by atoms with Crippen LogP contribution in [0, 0.1) is 17.8 Å². The normalized spacial score (nSPS) is 34.7. The van der Waals surface area contributed by atoms with E-state index in [1.807, 2.05) is 18.2 Å². The molecule has 1 spiro atoms. The minimum absolute atomic E-state index is 0.133. The Balaban J connectivity index is 1.17. The summed E-state index contributed by atoms with van der Waals surface area (Å²) in [6, 6.07) is 15.2. The molecule has 2 aromatic rings. The van der Waals surface area contributed by atoms with Gasteiger partial charge in [-0.2, -0.15) is 0 Å². The lowest BCUT2D eigenvalue weighted by atomic mass is 9.62. The van der Waals surface area contributed by atoms with Gasteiger partial charge in [0.15, 0.2) is 0 Å². The number of morpholine rings is 1. The first-order valence-corrected chi connectivity index (χ1v) is 22.5. The zero-order valence-electron chi connectivity index (χ0n) is 33.5. The molecule has 2 saturated heterocycles. The summed E-state index contributed by atoms with van der Waals surface area (Å²) in [6.07, 6.45) is 9.08. The maximum atomic E-state index is 14.1. The molecule has 302 valence electrons. The lowest BCUT2D eigenvalue weighted by Crippen LogP contribution is -2.63. The van der Waals surface area contributed by atoms with Crippen molar-refractivity contribution in [1.82, 2.24) is 14.5 Å². The minimum atomic E-state index is -1.58. The van der Waals surface area contributed by atoms with Crippen LogP contribution in [0.2, 0.25) is 0 Å². The molecule has 0 radical (unpaired) electrons. The summed E-state index contributed by atoms with van der Waals surface area (Å²) < 4.78 is 42.4. The summed E-state index contributed by atoms with van der Waals surface area (Å²) in [5.41, 5.74) is 3.88. The van der Waals surface area contributed by atoms with E-state index in [0.29, 0.717) is 49.7 Å². The fourth-order valence-electron chi connectivity index (χ4n) is 11.2. The second kappa shape index (κ2) is 17.1. The van der Waals surface area contributed by atoms with Gasteiger partial charge in [0, 0.05) is 83.2 Å². The number of nitrogens with zero attached hydrogens (tertiary/aromatic N) is 3. The Kier molecular flexibility index (Phi) is 12.2. The number of anilines is 1. The van der Waals surface area contributed by atoms with Gasteiger partial charge < -0.3 is 23.8 Å². The number of carbonyl (C=O) groups is 1. The van der Waals surface area contributed by atoms with Crippen molar-refractivity contribution < 1.29 is 28.0 Å². The first-order valence-electron chi connectivity index (χ1n) is 21.3. The van der Waals surface area contributed by atoms with Crippen molar-refractivity contribution in [2.24, 2.45) is 17.8 Å². The molecule has 10 nitrogen and oxygen atoms in total. The largest absolute Gasteiger partial charge is 0.490 e. The molecular weight excluding hydrogens is 713 g/mol. The lowest BCUT2D eigenvalue weighted by Gasteiger charge is -2.54. The fraction of sp³-hybridized carbons (Fsp3) is 0.705. The molecule has 1 unspecified atom stereocenters. The Labute approximate surface area is 331 Å². The first-order chi connectivity index (χ1) is 26.8. The second-order valence-electron chi connectivity index (χ2n) is 17.5. The number of hydrogen-bond donors (Lipinski definition) is 1. The average Bonchev–Trinajstić information content (AvgIpc) is 3.33. The molecule has 0 aromatic heterocycles. The van der Waals surface area contributed by atoms with E-state index in [4.69, 9.17) is 18.9 Å². The van der Waals surface area contributed by atoms with Crippen molar-refractivity contribution in [1.29, 1.82) is 0 Å². The number of ether oxygens (including phenoxy) is 4. The summed E-state index contributed by atoms with van der Waals surface area (Å²) in [6.45, 7) is 14.6. The molecule has 3 fully saturated rings. The zero-order chi connectivity index (χ0) is 38.0. The maximum Gasteiger partial charge on any atom is 0.263 e. The molecule has 4 aliphatic heterocycles. The minimum Gasteiger partial charge on any atom is -0.490 e. The number of aryl methyl sites for hydroxylation is 1. The molecule has 2 bridgehead atoms. The van der Waals surface area contributed by atoms with Crippen LogP contribution in [0.1, 0.15) is 86.7 Å². The quantitative estimate of drug-likeness (QED) is 0.386. The summed E-state index contributed by atoms with van der Waals surface area (Å²) in [5, 5.41) is -0.221. The van der Waals surface area contributed by atoms with Crippen LogP contribution in [0.5, 0.6) is 5.75 Å². The van der Waals surface area contributed by atoms with E-state index in [1.54, 1.807) is 7.11 Å². The van der Waals surface area contributed by atoms with Crippen LogP contribution in [0.25, 0.3) is 0 Å². The van der Waals surface area contributed by atoms with Gasteiger partial charge >= 0.3 is 0 Å². The van der Waals surface area contributed by atoms with Crippen molar-refractivity contribution in [2.45, 2.75) is 93.9 Å². The highest BCUT2D eigenvalue weighted by Gasteiger charge is 2.51. The van der Waals surface area contributed by atoms with Crippen molar-refractivity contribution in [2.75, 3.05) is 90.9 Å². The van der Waals surface area contributed by atoms with Gasteiger partial charge in [0.25, 0.3) is 5.91 Å². The highest BCUT2D eigenvalue weighted by atomic mass is 32.2. The predicted molar refractivity (Wildman–Crippen MR) is 217 cm³/mol. The number of carbonyl (C=O) groups excluding carboxylic acids is 1. The van der Waals surface area contributed by atoms with E-state index in [-0.39, 0.29) is 28.1 Å². The van der Waals surface area contributed by atoms with E-state index in [2.05, 4.69) is 57.5 Å². The molecule has 1 saturated carbocycles. The van der Waals surface area contributed by atoms with Crippen LogP contribution in [0.3, 0.4) is 0 Å². The Morgan fingerprint density at radius 1 is 1.04 bits per heavy atom. The van der Waals surface area contributed by atoms with E-state index in [9.17, 15) is 9.00 Å². The molecule has 6 aliphatic rings. The Morgan fingerprint density at radius 3 is 2.76 bits per heavy atom. The van der Waals surface area contributed by atoms with Crippen molar-refractivity contribution >= 4 is 22.6 Å². The predicted octanol–water partition coefficient (Wildman–Crippen LogP) is 5.60. The molecule has 2 aliphatic carbocycles. The van der Waals surface area contributed by atoms with Crippen molar-refractivity contribution in [3.63, 3.8) is 0 Å². The third-order valence-electron chi connectivity index (χ3n) is 14.2. The van der Waals surface area contributed by atoms with Gasteiger partial charge in [0.2, 0.25) is 0 Å². The van der Waals surface area contributed by atoms with Crippen molar-refractivity contribution in [3.8, 4) is 5.75 Å². The van der Waals surface area contributed by atoms with Gasteiger partial charge in [-0.3, -0.25) is 19.3 Å². The number of fused-ring (bicyclic) bond motifs is 5. The molecule has 1 N–H and O–H groups in total. The first kappa shape index (κ1) is 39.3. The second-order valence-corrected chi connectivity index (χ2v) is 18.9. The SMILES string of the molecule is CCO[C@]1(CN2CCN3CCOC[C@@H]3C2)CCC[C@H](C)[C@@H](CCOC)S(=O)NC(=O)c2ccc3c(c2)N(C[C@@H]2CC[C@H]21)C[C@@]1(CCCc2ccccc21)CO3. The number of piperazine rings is 1. The molecule has 55 heavy (non-hydrogen) atoms. The van der Waals surface area contributed by atoms with Gasteiger partial charge in [0.05, 0.1) is 36.4 Å². The van der Waals surface area contributed by atoms with Crippen LogP contribution >= 0.6 is 0 Å². The van der Waals surface area contributed by atoms with E-state index >= 15 is 0 Å². The number of rotatable bonds is 7. The summed E-state index contributed by atoms with van der Waals surface area (Å²) in [4.78, 5) is 21.8. The third-order valence-corrected chi connectivity index (χ3v) is 15.8. The lowest BCUT2D eigenvalue weighted by molar-refractivity contribution is -0.154. The summed E-state index contributed by atoms with van der Waals surface area (Å²) >= 11 is 0. The van der Waals surface area contributed by atoms with Crippen LogP contribution in [-0.4, -0.2) is 123 Å². The Morgan fingerprint density at radius 2 is 1.93 bits per heavy atom. The summed E-state index contributed by atoms with van der Waals surface area (Å²) in [7, 11) is 0.111. The number of benzene rings is 2. The number of nitrogens with one attached hydrogen (secondary N) is 1. The van der Waals surface area contributed by atoms with E-state index in [0.717, 1.165) is 122 Å². The number of amides is 1. The average molecular weight is 777 g/mol. The molecular formula is C44H64N4O6S. The molecule has 2 aromatic carbocycles. The van der Waals surface area contributed by atoms with E-state index < -0.39 is 11.0 Å². The third kappa shape index (κ3) is 8.13. The van der Waals surface area contributed by atoms with Gasteiger partial charge in [-0.1, -0.05) is 37.6 Å². The number of methoxy groups -OCH3 is 1. The van der Waals surface area contributed by atoms with Gasteiger partial charge in [-0.15, -0.1) is 0 Å². The van der Waals surface area contributed by atoms with Gasteiger partial charge in [-0.25, -0.2) is 4.21 Å². The van der Waals surface area contributed by atoms with Crippen LogP contribution in [0.4, 0.5) is 5.69 Å². The Hall–Kier alpha value is -2.54. The summed E-state index contributed by atoms with van der Waals surface area (Å²) in [5.74, 6) is 1.50. The van der Waals surface area contributed by atoms with Gasteiger partial charge in [0.1, 0.15) is 16.7 Å². The molecule has 4 heterocycles. The smallest absolute Gasteiger partial charge is 0.263 e. The topological polar surface area (TPSA) is 92.8 Å². The highest BCUT2D eigenvalue weighted by molar-refractivity contribution is 7.84. The molecule has 8 atom stereocenters. The van der Waals surface area contributed by atoms with Crippen LogP contribution in [0.15, 0.2) is 42.5 Å². The van der Waals surface area contributed by atoms with Crippen molar-refractivity contribution in [3.05, 3.63) is 59.2 Å².